The van der Waals surface area contributed by atoms with Crippen molar-refractivity contribution in [1.82, 2.24) is 9.55 Å². The molecule has 0 spiro atoms. The van der Waals surface area contributed by atoms with E-state index in [1.807, 2.05) is 6.92 Å². The van der Waals surface area contributed by atoms with Gasteiger partial charge in [0.15, 0.2) is 0 Å². The van der Waals surface area contributed by atoms with Gasteiger partial charge in [-0.1, -0.05) is 0 Å². The molecule has 0 amide bonds. The molecule has 1 aliphatic heterocycles. The number of benzene rings is 1. The lowest BCUT2D eigenvalue weighted by Crippen LogP contribution is -2.21. The molecule has 1 aromatic carbocycles. The first-order valence-corrected chi connectivity index (χ1v) is 5.41. The van der Waals surface area contributed by atoms with Crippen LogP contribution < -0.4 is 10.3 Å². The van der Waals surface area contributed by atoms with E-state index in [4.69, 9.17) is 4.74 Å². The summed E-state index contributed by atoms with van der Waals surface area (Å²) in [7, 11) is 0. The van der Waals surface area contributed by atoms with Crippen LogP contribution in [0, 0.1) is 10.1 Å². The Morgan fingerprint density at radius 1 is 1.56 bits per heavy atom. The maximum absolute atomic E-state index is 12.2. The average Bonchev–Trinajstić information content (AvgIpc) is 2.70. The molecule has 3 rings (SSSR count). The number of rotatable bonds is 1. The molecule has 0 saturated heterocycles. The summed E-state index contributed by atoms with van der Waals surface area (Å²) in [6.45, 7) is 2.25. The summed E-state index contributed by atoms with van der Waals surface area (Å²) in [4.78, 5) is 26.5. The van der Waals surface area contributed by atoms with Gasteiger partial charge in [-0.05, 0) is 13.0 Å². The monoisotopic (exact) mass is 247 g/mol. The van der Waals surface area contributed by atoms with Gasteiger partial charge in [-0.2, -0.15) is 4.98 Å². The van der Waals surface area contributed by atoms with Gasteiger partial charge in [0.05, 0.1) is 21.9 Å². The zero-order valence-corrected chi connectivity index (χ0v) is 9.49. The minimum Gasteiger partial charge on any atom is -0.462 e. The smallest absolute Gasteiger partial charge is 0.300 e. The van der Waals surface area contributed by atoms with E-state index in [0.717, 1.165) is 0 Å². The Labute approximate surface area is 101 Å². The molecule has 18 heavy (non-hydrogen) atoms. The topological polar surface area (TPSA) is 87.3 Å². The SMILES string of the molecule is CC1COc2nc3cc([N+](=O)[O-])ccc3c(=O)n21. The van der Waals surface area contributed by atoms with Crippen LogP contribution in [0.25, 0.3) is 10.9 Å². The van der Waals surface area contributed by atoms with Crippen LogP contribution in [0.5, 0.6) is 6.01 Å². The van der Waals surface area contributed by atoms with Crippen LogP contribution in [-0.2, 0) is 0 Å². The summed E-state index contributed by atoms with van der Waals surface area (Å²) in [5, 5.41) is 11.0. The summed E-state index contributed by atoms with van der Waals surface area (Å²) >= 11 is 0. The number of nitro groups is 1. The number of nitrogens with zero attached hydrogens (tertiary/aromatic N) is 3. The molecular formula is C11H9N3O4. The maximum Gasteiger partial charge on any atom is 0.300 e. The zero-order valence-electron chi connectivity index (χ0n) is 9.49. The standard InChI is InChI=1S/C11H9N3O4/c1-6-5-18-11-12-9-4-7(14(16)17)2-3-8(9)10(15)13(6)11/h2-4,6H,5H2,1H3. The minimum atomic E-state index is -0.518. The Morgan fingerprint density at radius 3 is 3.06 bits per heavy atom. The first-order chi connectivity index (χ1) is 8.58. The van der Waals surface area contributed by atoms with Crippen molar-refractivity contribution in [3.63, 3.8) is 0 Å². The van der Waals surface area contributed by atoms with Crippen molar-refractivity contribution in [3.8, 4) is 6.01 Å². The molecular weight excluding hydrogens is 238 g/mol. The van der Waals surface area contributed by atoms with Gasteiger partial charge in [0.2, 0.25) is 0 Å². The van der Waals surface area contributed by atoms with Gasteiger partial charge >= 0.3 is 0 Å². The van der Waals surface area contributed by atoms with Gasteiger partial charge in [0, 0.05) is 12.1 Å². The lowest BCUT2D eigenvalue weighted by atomic mass is 10.2. The number of hydrogen-bond donors (Lipinski definition) is 0. The molecule has 1 atom stereocenters. The van der Waals surface area contributed by atoms with Crippen molar-refractivity contribution < 1.29 is 9.66 Å². The summed E-state index contributed by atoms with van der Waals surface area (Å²) < 4.78 is 6.75. The van der Waals surface area contributed by atoms with E-state index in [2.05, 4.69) is 4.98 Å². The molecule has 0 saturated carbocycles. The first kappa shape index (κ1) is 10.7. The molecule has 0 radical (unpaired) electrons. The second kappa shape index (κ2) is 3.52. The van der Waals surface area contributed by atoms with Gasteiger partial charge in [-0.25, -0.2) is 0 Å². The molecule has 92 valence electrons. The Balaban J connectivity index is 2.35. The van der Waals surface area contributed by atoms with Crippen LogP contribution >= 0.6 is 0 Å². The highest BCUT2D eigenvalue weighted by atomic mass is 16.6. The van der Waals surface area contributed by atoms with Crippen molar-refractivity contribution in [3.05, 3.63) is 38.7 Å². The fourth-order valence-electron chi connectivity index (χ4n) is 2.04. The molecule has 1 unspecified atom stereocenters. The molecule has 1 aliphatic rings. The third-order valence-electron chi connectivity index (χ3n) is 2.96. The predicted molar refractivity (Wildman–Crippen MR) is 62.9 cm³/mol. The Morgan fingerprint density at radius 2 is 2.33 bits per heavy atom. The number of aromatic nitrogens is 2. The Bertz CT molecular complexity index is 722. The first-order valence-electron chi connectivity index (χ1n) is 5.41. The molecule has 7 nitrogen and oxygen atoms in total. The average molecular weight is 247 g/mol. The molecule has 0 aliphatic carbocycles. The van der Waals surface area contributed by atoms with Crippen LogP contribution in [0.1, 0.15) is 13.0 Å². The molecule has 2 aromatic rings. The zero-order chi connectivity index (χ0) is 12.9. The van der Waals surface area contributed by atoms with E-state index in [9.17, 15) is 14.9 Å². The van der Waals surface area contributed by atoms with E-state index in [-0.39, 0.29) is 28.8 Å². The lowest BCUT2D eigenvalue weighted by Gasteiger charge is -2.05. The summed E-state index contributed by atoms with van der Waals surface area (Å²) in [6.07, 6.45) is 0. The van der Waals surface area contributed by atoms with Crippen LogP contribution in [0.4, 0.5) is 5.69 Å². The fraction of sp³-hybridized carbons (Fsp3) is 0.273. The quantitative estimate of drug-likeness (QED) is 0.559. The third kappa shape index (κ3) is 1.37. The normalized spacial score (nSPS) is 17.5. The number of non-ortho nitro benzene ring substituents is 1. The van der Waals surface area contributed by atoms with Crippen LogP contribution in [0.15, 0.2) is 23.0 Å². The Kier molecular flexibility index (Phi) is 2.09. The lowest BCUT2D eigenvalue weighted by molar-refractivity contribution is -0.384. The number of ether oxygens (including phenoxy) is 1. The predicted octanol–water partition coefficient (Wildman–Crippen LogP) is 1.26. The largest absolute Gasteiger partial charge is 0.462 e. The Hall–Kier alpha value is -2.44. The molecule has 0 bridgehead atoms. The fourth-order valence-corrected chi connectivity index (χ4v) is 2.04. The second-order valence-electron chi connectivity index (χ2n) is 4.19. The number of hydrogen-bond acceptors (Lipinski definition) is 5. The van der Waals surface area contributed by atoms with Crippen LogP contribution in [0.3, 0.4) is 0 Å². The maximum atomic E-state index is 12.2. The molecule has 2 heterocycles. The van der Waals surface area contributed by atoms with Gasteiger partial charge in [0.25, 0.3) is 17.3 Å². The van der Waals surface area contributed by atoms with E-state index >= 15 is 0 Å². The van der Waals surface area contributed by atoms with Crippen molar-refractivity contribution in [2.24, 2.45) is 0 Å². The summed E-state index contributed by atoms with van der Waals surface area (Å²) in [5.41, 5.74) is -0.0326. The highest BCUT2D eigenvalue weighted by molar-refractivity contribution is 5.80. The minimum absolute atomic E-state index is 0.0698. The molecule has 0 fully saturated rings. The molecule has 7 heteroatoms. The van der Waals surface area contributed by atoms with E-state index < -0.39 is 4.92 Å². The highest BCUT2D eigenvalue weighted by Gasteiger charge is 2.24. The number of fused-ring (bicyclic) bond motifs is 2. The molecule has 1 aromatic heterocycles. The van der Waals surface area contributed by atoms with Crippen LogP contribution in [0.2, 0.25) is 0 Å². The summed E-state index contributed by atoms with van der Waals surface area (Å²) in [5.74, 6) is 0. The van der Waals surface area contributed by atoms with Crippen LogP contribution in [-0.4, -0.2) is 21.1 Å². The third-order valence-corrected chi connectivity index (χ3v) is 2.96. The van der Waals surface area contributed by atoms with Gasteiger partial charge in [-0.3, -0.25) is 19.5 Å². The van der Waals surface area contributed by atoms with E-state index in [0.29, 0.717) is 12.0 Å². The van der Waals surface area contributed by atoms with Crippen molar-refractivity contribution >= 4 is 16.6 Å². The molecule has 0 N–H and O–H groups in total. The number of nitro benzene ring substituents is 1. The highest BCUT2D eigenvalue weighted by Crippen LogP contribution is 2.25. The van der Waals surface area contributed by atoms with Gasteiger partial charge in [0.1, 0.15) is 6.61 Å². The van der Waals surface area contributed by atoms with Crippen molar-refractivity contribution in [2.45, 2.75) is 13.0 Å². The summed E-state index contributed by atoms with van der Waals surface area (Å²) in [6, 6.07) is 4.17. The van der Waals surface area contributed by atoms with E-state index in [1.54, 1.807) is 0 Å². The second-order valence-corrected chi connectivity index (χ2v) is 4.19. The van der Waals surface area contributed by atoms with Crippen molar-refractivity contribution in [2.75, 3.05) is 6.61 Å². The van der Waals surface area contributed by atoms with Gasteiger partial charge in [-0.15, -0.1) is 0 Å². The van der Waals surface area contributed by atoms with E-state index in [1.165, 1.54) is 22.8 Å². The van der Waals surface area contributed by atoms with Gasteiger partial charge < -0.3 is 4.74 Å². The van der Waals surface area contributed by atoms with Crippen molar-refractivity contribution in [1.29, 1.82) is 0 Å².